The lowest BCUT2D eigenvalue weighted by Gasteiger charge is -2.14. The van der Waals surface area contributed by atoms with E-state index >= 15 is 0 Å². The normalized spacial score (nSPS) is 13.3. The van der Waals surface area contributed by atoms with Gasteiger partial charge < -0.3 is 4.57 Å². The Kier molecular flexibility index (Phi) is 4.51. The SMILES string of the molecule is CCCn1cnnc1[C@H](C)NS(=O)(=O)c1ccccc1. The van der Waals surface area contributed by atoms with Crippen LogP contribution in [0.4, 0.5) is 0 Å². The van der Waals surface area contributed by atoms with E-state index in [4.69, 9.17) is 0 Å². The third-order valence-corrected chi connectivity index (χ3v) is 4.44. The molecule has 0 saturated carbocycles. The predicted molar refractivity (Wildman–Crippen MR) is 75.5 cm³/mol. The molecule has 6 nitrogen and oxygen atoms in total. The lowest BCUT2D eigenvalue weighted by atomic mass is 10.3. The molecule has 0 fully saturated rings. The quantitative estimate of drug-likeness (QED) is 0.880. The summed E-state index contributed by atoms with van der Waals surface area (Å²) >= 11 is 0. The van der Waals surface area contributed by atoms with Gasteiger partial charge in [0.1, 0.15) is 6.33 Å². The van der Waals surface area contributed by atoms with Crippen molar-refractivity contribution in [3.63, 3.8) is 0 Å². The van der Waals surface area contributed by atoms with Crippen LogP contribution in [0.15, 0.2) is 41.6 Å². The average molecular weight is 294 g/mol. The first-order valence-corrected chi connectivity index (χ1v) is 7.98. The van der Waals surface area contributed by atoms with Gasteiger partial charge in [-0.05, 0) is 25.5 Å². The van der Waals surface area contributed by atoms with Crippen LogP contribution in [0.25, 0.3) is 0 Å². The molecule has 0 spiro atoms. The van der Waals surface area contributed by atoms with Crippen LogP contribution in [0.5, 0.6) is 0 Å². The molecule has 2 rings (SSSR count). The Labute approximate surface area is 118 Å². The number of sulfonamides is 1. The fourth-order valence-electron chi connectivity index (χ4n) is 1.97. The minimum atomic E-state index is -3.55. The number of rotatable bonds is 6. The summed E-state index contributed by atoms with van der Waals surface area (Å²) in [4.78, 5) is 0.244. The van der Waals surface area contributed by atoms with Crippen molar-refractivity contribution in [1.82, 2.24) is 19.5 Å². The van der Waals surface area contributed by atoms with Gasteiger partial charge in [0.05, 0.1) is 10.9 Å². The van der Waals surface area contributed by atoms with Crippen molar-refractivity contribution < 1.29 is 8.42 Å². The molecule has 1 heterocycles. The summed E-state index contributed by atoms with van der Waals surface area (Å²) in [6, 6.07) is 7.85. The van der Waals surface area contributed by atoms with Gasteiger partial charge in [0.25, 0.3) is 0 Å². The van der Waals surface area contributed by atoms with Gasteiger partial charge in [-0.1, -0.05) is 25.1 Å². The molecule has 0 radical (unpaired) electrons. The van der Waals surface area contributed by atoms with Crippen LogP contribution < -0.4 is 4.72 Å². The second-order valence-corrected chi connectivity index (χ2v) is 6.25. The van der Waals surface area contributed by atoms with E-state index in [0.717, 1.165) is 13.0 Å². The zero-order chi connectivity index (χ0) is 14.6. The first kappa shape index (κ1) is 14.7. The van der Waals surface area contributed by atoms with Gasteiger partial charge in [-0.15, -0.1) is 10.2 Å². The summed E-state index contributed by atoms with van der Waals surface area (Å²) in [5.74, 6) is 0.617. The number of nitrogens with zero attached hydrogens (tertiary/aromatic N) is 3. The molecule has 0 aliphatic carbocycles. The minimum absolute atomic E-state index is 0.244. The summed E-state index contributed by atoms with van der Waals surface area (Å²) in [6.07, 6.45) is 2.55. The van der Waals surface area contributed by atoms with Crippen molar-refractivity contribution >= 4 is 10.0 Å². The van der Waals surface area contributed by atoms with Crippen molar-refractivity contribution in [3.05, 3.63) is 42.5 Å². The van der Waals surface area contributed by atoms with Gasteiger partial charge >= 0.3 is 0 Å². The molecule has 1 atom stereocenters. The zero-order valence-corrected chi connectivity index (χ0v) is 12.3. The van der Waals surface area contributed by atoms with Crippen LogP contribution in [-0.2, 0) is 16.6 Å². The monoisotopic (exact) mass is 294 g/mol. The Bertz CT molecular complexity index is 652. The number of benzene rings is 1. The molecule has 0 bridgehead atoms. The summed E-state index contributed by atoms with van der Waals surface area (Å²) < 4.78 is 29.0. The van der Waals surface area contributed by atoms with Gasteiger partial charge in [-0.2, -0.15) is 0 Å². The molecule has 7 heteroatoms. The van der Waals surface area contributed by atoms with Crippen molar-refractivity contribution in [1.29, 1.82) is 0 Å². The zero-order valence-electron chi connectivity index (χ0n) is 11.5. The third-order valence-electron chi connectivity index (χ3n) is 2.88. The Morgan fingerprint density at radius 1 is 1.30 bits per heavy atom. The fraction of sp³-hybridized carbons (Fsp3) is 0.385. The van der Waals surface area contributed by atoms with Crippen LogP contribution in [0.2, 0.25) is 0 Å². The summed E-state index contributed by atoms with van der Waals surface area (Å²) in [5, 5.41) is 7.84. The third kappa shape index (κ3) is 3.23. The molecule has 20 heavy (non-hydrogen) atoms. The van der Waals surface area contributed by atoms with Crippen molar-refractivity contribution in [2.45, 2.75) is 37.8 Å². The van der Waals surface area contributed by atoms with Crippen LogP contribution in [0.1, 0.15) is 32.1 Å². The van der Waals surface area contributed by atoms with E-state index in [1.54, 1.807) is 43.6 Å². The lowest BCUT2D eigenvalue weighted by Crippen LogP contribution is -2.28. The Morgan fingerprint density at radius 3 is 2.65 bits per heavy atom. The maximum absolute atomic E-state index is 12.2. The number of hydrogen-bond acceptors (Lipinski definition) is 4. The summed E-state index contributed by atoms with van der Waals surface area (Å²) in [7, 11) is -3.55. The average Bonchev–Trinajstić information content (AvgIpc) is 2.88. The molecule has 2 aromatic rings. The van der Waals surface area contributed by atoms with E-state index < -0.39 is 16.1 Å². The van der Waals surface area contributed by atoms with E-state index in [0.29, 0.717) is 5.82 Å². The van der Waals surface area contributed by atoms with Crippen LogP contribution in [0, 0.1) is 0 Å². The fourth-order valence-corrected chi connectivity index (χ4v) is 3.19. The first-order chi connectivity index (χ1) is 9.54. The Morgan fingerprint density at radius 2 is 2.00 bits per heavy atom. The summed E-state index contributed by atoms with van der Waals surface area (Å²) in [6.45, 7) is 4.57. The molecule has 1 N–H and O–H groups in total. The highest BCUT2D eigenvalue weighted by Crippen LogP contribution is 2.15. The molecule has 0 unspecified atom stereocenters. The molecular weight excluding hydrogens is 276 g/mol. The standard InChI is InChI=1S/C13H18N4O2S/c1-3-9-17-10-14-15-13(17)11(2)16-20(18,19)12-7-5-4-6-8-12/h4-8,10-11,16H,3,9H2,1-2H3/t11-/m0/s1. The van der Waals surface area contributed by atoms with Gasteiger partial charge in [0, 0.05) is 6.54 Å². The maximum Gasteiger partial charge on any atom is 0.241 e. The lowest BCUT2D eigenvalue weighted by molar-refractivity contribution is 0.539. The first-order valence-electron chi connectivity index (χ1n) is 6.49. The molecule has 0 aliphatic rings. The molecular formula is C13H18N4O2S. The summed E-state index contributed by atoms with van der Waals surface area (Å²) in [5.41, 5.74) is 0. The highest BCUT2D eigenvalue weighted by atomic mass is 32.2. The molecule has 1 aromatic heterocycles. The predicted octanol–water partition coefficient (Wildman–Crippen LogP) is 1.73. The van der Waals surface area contributed by atoms with E-state index in [9.17, 15) is 8.42 Å². The topological polar surface area (TPSA) is 76.9 Å². The highest BCUT2D eigenvalue weighted by Gasteiger charge is 2.21. The Hall–Kier alpha value is -1.73. The minimum Gasteiger partial charge on any atom is -0.316 e. The maximum atomic E-state index is 12.2. The molecule has 0 amide bonds. The van der Waals surface area contributed by atoms with E-state index in [2.05, 4.69) is 14.9 Å². The number of aryl methyl sites for hydroxylation is 1. The molecule has 0 saturated heterocycles. The largest absolute Gasteiger partial charge is 0.316 e. The molecule has 0 aliphatic heterocycles. The Balaban J connectivity index is 2.19. The van der Waals surface area contributed by atoms with Gasteiger partial charge in [0.15, 0.2) is 5.82 Å². The van der Waals surface area contributed by atoms with E-state index in [-0.39, 0.29) is 4.90 Å². The van der Waals surface area contributed by atoms with Crippen molar-refractivity contribution in [3.8, 4) is 0 Å². The van der Waals surface area contributed by atoms with Gasteiger partial charge in [0.2, 0.25) is 10.0 Å². The molecule has 108 valence electrons. The second kappa shape index (κ2) is 6.15. The van der Waals surface area contributed by atoms with Crippen LogP contribution in [0.3, 0.4) is 0 Å². The highest BCUT2D eigenvalue weighted by molar-refractivity contribution is 7.89. The second-order valence-electron chi connectivity index (χ2n) is 4.54. The number of aromatic nitrogens is 3. The number of nitrogens with one attached hydrogen (secondary N) is 1. The van der Waals surface area contributed by atoms with E-state index in [1.165, 1.54) is 0 Å². The van der Waals surface area contributed by atoms with Gasteiger partial charge in [-0.3, -0.25) is 0 Å². The van der Waals surface area contributed by atoms with Crippen LogP contribution >= 0.6 is 0 Å². The van der Waals surface area contributed by atoms with Crippen molar-refractivity contribution in [2.75, 3.05) is 0 Å². The van der Waals surface area contributed by atoms with Crippen LogP contribution in [-0.4, -0.2) is 23.2 Å². The smallest absolute Gasteiger partial charge is 0.241 e. The van der Waals surface area contributed by atoms with Crippen molar-refractivity contribution in [2.24, 2.45) is 0 Å². The number of hydrogen-bond donors (Lipinski definition) is 1. The van der Waals surface area contributed by atoms with Gasteiger partial charge in [-0.25, -0.2) is 13.1 Å². The molecule has 1 aromatic carbocycles. The van der Waals surface area contributed by atoms with E-state index in [1.807, 2.05) is 11.5 Å².